The molecular weight excluding hydrogens is 214 g/mol. The maximum Gasteiger partial charge on any atom is 0.146 e. The number of aromatic nitrogens is 3. The van der Waals surface area contributed by atoms with Crippen molar-refractivity contribution in [1.29, 1.82) is 0 Å². The molecular formula is C12H23N5. The van der Waals surface area contributed by atoms with E-state index in [0.717, 1.165) is 37.2 Å². The van der Waals surface area contributed by atoms with E-state index in [9.17, 15) is 0 Å². The van der Waals surface area contributed by atoms with Crippen LogP contribution in [0.5, 0.6) is 0 Å². The lowest BCUT2D eigenvalue weighted by molar-refractivity contribution is 0.232. The van der Waals surface area contributed by atoms with Crippen LogP contribution >= 0.6 is 0 Å². The van der Waals surface area contributed by atoms with Gasteiger partial charge in [-0.15, -0.1) is 10.2 Å². The van der Waals surface area contributed by atoms with Gasteiger partial charge >= 0.3 is 0 Å². The molecule has 1 atom stereocenters. The molecule has 1 saturated heterocycles. The Morgan fingerprint density at radius 2 is 2.29 bits per heavy atom. The summed E-state index contributed by atoms with van der Waals surface area (Å²) in [6.07, 6.45) is 2.65. The molecule has 0 spiro atoms. The molecule has 1 fully saturated rings. The van der Waals surface area contributed by atoms with Crippen LogP contribution in [0.1, 0.15) is 24.5 Å². The molecule has 1 aromatic rings. The summed E-state index contributed by atoms with van der Waals surface area (Å²) in [7, 11) is 4.19. The van der Waals surface area contributed by atoms with E-state index in [0.29, 0.717) is 0 Å². The average molecular weight is 237 g/mol. The Labute approximate surface area is 103 Å². The van der Waals surface area contributed by atoms with Gasteiger partial charge in [-0.1, -0.05) is 0 Å². The van der Waals surface area contributed by atoms with Crippen molar-refractivity contribution in [2.75, 3.05) is 26.7 Å². The monoisotopic (exact) mass is 237 g/mol. The summed E-state index contributed by atoms with van der Waals surface area (Å²) < 4.78 is 2.07. The smallest absolute Gasteiger partial charge is 0.146 e. The molecule has 1 unspecified atom stereocenters. The molecule has 17 heavy (non-hydrogen) atoms. The third kappa shape index (κ3) is 3.26. The fourth-order valence-corrected chi connectivity index (χ4v) is 2.42. The first-order valence-electron chi connectivity index (χ1n) is 6.41. The van der Waals surface area contributed by atoms with E-state index in [1.165, 1.54) is 19.4 Å². The number of hydrogen-bond donors (Lipinski definition) is 1. The summed E-state index contributed by atoms with van der Waals surface area (Å²) in [5.74, 6) is 2.81. The quantitative estimate of drug-likeness (QED) is 0.831. The standard InChI is InChI=1S/C12H23N5/c1-10-14-15-12(17(10)3)9-16(2)8-11-5-4-6-13-7-11/h11,13H,4-9H2,1-3H3. The number of piperidine rings is 1. The first-order chi connectivity index (χ1) is 8.16. The zero-order valence-corrected chi connectivity index (χ0v) is 11.1. The molecule has 96 valence electrons. The van der Waals surface area contributed by atoms with Crippen molar-refractivity contribution >= 4 is 0 Å². The Kier molecular flexibility index (Phi) is 4.12. The van der Waals surface area contributed by atoms with Gasteiger partial charge in [0.1, 0.15) is 11.6 Å². The highest BCUT2D eigenvalue weighted by molar-refractivity contribution is 4.92. The van der Waals surface area contributed by atoms with Crippen molar-refractivity contribution in [3.63, 3.8) is 0 Å². The Morgan fingerprint density at radius 1 is 1.47 bits per heavy atom. The predicted octanol–water partition coefficient (Wildman–Crippen LogP) is 0.555. The van der Waals surface area contributed by atoms with Gasteiger partial charge in [0, 0.05) is 13.6 Å². The average Bonchev–Trinajstić information content (AvgIpc) is 2.62. The number of hydrogen-bond acceptors (Lipinski definition) is 4. The molecule has 0 amide bonds. The second kappa shape index (κ2) is 5.60. The zero-order chi connectivity index (χ0) is 12.3. The first kappa shape index (κ1) is 12.5. The van der Waals surface area contributed by atoms with Crippen LogP contribution in [0.15, 0.2) is 0 Å². The van der Waals surface area contributed by atoms with Crippen LogP contribution in [0.2, 0.25) is 0 Å². The van der Waals surface area contributed by atoms with Crippen molar-refractivity contribution in [3.8, 4) is 0 Å². The lowest BCUT2D eigenvalue weighted by Gasteiger charge is -2.27. The Morgan fingerprint density at radius 3 is 2.88 bits per heavy atom. The molecule has 1 N–H and O–H groups in total. The minimum absolute atomic E-state index is 0.781. The van der Waals surface area contributed by atoms with Gasteiger partial charge in [-0.25, -0.2) is 0 Å². The lowest BCUT2D eigenvalue weighted by Crippen LogP contribution is -2.36. The molecule has 0 aliphatic carbocycles. The largest absolute Gasteiger partial charge is 0.317 e. The summed E-state index contributed by atoms with van der Waals surface area (Å²) in [5.41, 5.74) is 0. The summed E-state index contributed by atoms with van der Waals surface area (Å²) in [5, 5.41) is 11.8. The van der Waals surface area contributed by atoms with Crippen molar-refractivity contribution in [1.82, 2.24) is 25.0 Å². The van der Waals surface area contributed by atoms with E-state index in [-0.39, 0.29) is 0 Å². The van der Waals surface area contributed by atoms with Gasteiger partial charge in [-0.2, -0.15) is 0 Å². The van der Waals surface area contributed by atoms with E-state index < -0.39 is 0 Å². The van der Waals surface area contributed by atoms with Crippen molar-refractivity contribution < 1.29 is 0 Å². The molecule has 2 heterocycles. The molecule has 1 aromatic heterocycles. The van der Waals surface area contributed by atoms with Crippen LogP contribution in [0.4, 0.5) is 0 Å². The summed E-state index contributed by atoms with van der Waals surface area (Å²) >= 11 is 0. The minimum atomic E-state index is 0.781. The van der Waals surface area contributed by atoms with E-state index in [1.807, 2.05) is 14.0 Å². The molecule has 2 rings (SSSR count). The minimum Gasteiger partial charge on any atom is -0.317 e. The second-order valence-electron chi connectivity index (χ2n) is 5.13. The molecule has 1 aliphatic heterocycles. The summed E-state index contributed by atoms with van der Waals surface area (Å²) in [6, 6.07) is 0. The fourth-order valence-electron chi connectivity index (χ4n) is 2.42. The van der Waals surface area contributed by atoms with Crippen LogP contribution in [-0.2, 0) is 13.6 Å². The van der Waals surface area contributed by atoms with E-state index in [4.69, 9.17) is 0 Å². The normalized spacial score (nSPS) is 21.1. The van der Waals surface area contributed by atoms with Crippen LogP contribution in [-0.4, -0.2) is 46.3 Å². The zero-order valence-electron chi connectivity index (χ0n) is 11.1. The lowest BCUT2D eigenvalue weighted by atomic mass is 9.99. The van der Waals surface area contributed by atoms with Crippen molar-refractivity contribution in [2.24, 2.45) is 13.0 Å². The van der Waals surface area contributed by atoms with Gasteiger partial charge in [0.2, 0.25) is 0 Å². The Balaban J connectivity index is 1.84. The van der Waals surface area contributed by atoms with Crippen molar-refractivity contribution in [3.05, 3.63) is 11.6 Å². The van der Waals surface area contributed by atoms with Crippen LogP contribution < -0.4 is 5.32 Å². The molecule has 0 radical (unpaired) electrons. The SMILES string of the molecule is Cc1nnc(CN(C)CC2CCCNC2)n1C. The van der Waals surface area contributed by atoms with Gasteiger partial charge in [-0.05, 0) is 45.8 Å². The molecule has 0 saturated carbocycles. The first-order valence-corrected chi connectivity index (χ1v) is 6.41. The number of rotatable bonds is 4. The maximum absolute atomic E-state index is 4.20. The maximum atomic E-state index is 4.20. The summed E-state index contributed by atoms with van der Waals surface area (Å²) in [6.45, 7) is 6.35. The molecule has 0 bridgehead atoms. The Bertz CT molecular complexity index is 354. The third-order valence-corrected chi connectivity index (χ3v) is 3.56. The fraction of sp³-hybridized carbons (Fsp3) is 0.833. The van der Waals surface area contributed by atoms with Crippen LogP contribution in [0.25, 0.3) is 0 Å². The highest BCUT2D eigenvalue weighted by Gasteiger charge is 2.16. The van der Waals surface area contributed by atoms with Gasteiger partial charge in [0.05, 0.1) is 6.54 Å². The van der Waals surface area contributed by atoms with Crippen molar-refractivity contribution in [2.45, 2.75) is 26.3 Å². The molecule has 0 aromatic carbocycles. The van der Waals surface area contributed by atoms with Gasteiger partial charge in [0.25, 0.3) is 0 Å². The van der Waals surface area contributed by atoms with Crippen LogP contribution in [0.3, 0.4) is 0 Å². The van der Waals surface area contributed by atoms with Crippen LogP contribution in [0, 0.1) is 12.8 Å². The van der Waals surface area contributed by atoms with E-state index in [2.05, 4.69) is 32.0 Å². The highest BCUT2D eigenvalue weighted by atomic mass is 15.3. The number of nitrogens with one attached hydrogen (secondary N) is 1. The predicted molar refractivity (Wildman–Crippen MR) is 67.7 cm³/mol. The molecule has 1 aliphatic rings. The Hall–Kier alpha value is -0.940. The van der Waals surface area contributed by atoms with E-state index >= 15 is 0 Å². The van der Waals surface area contributed by atoms with Gasteiger partial charge in [-0.3, -0.25) is 4.90 Å². The highest BCUT2D eigenvalue weighted by Crippen LogP contribution is 2.12. The number of nitrogens with zero attached hydrogens (tertiary/aromatic N) is 4. The summed E-state index contributed by atoms with van der Waals surface area (Å²) in [4.78, 5) is 2.35. The third-order valence-electron chi connectivity index (χ3n) is 3.56. The second-order valence-corrected chi connectivity index (χ2v) is 5.13. The van der Waals surface area contributed by atoms with Gasteiger partial charge < -0.3 is 9.88 Å². The van der Waals surface area contributed by atoms with Gasteiger partial charge in [0.15, 0.2) is 0 Å². The topological polar surface area (TPSA) is 46.0 Å². The van der Waals surface area contributed by atoms with E-state index in [1.54, 1.807) is 0 Å². The number of aryl methyl sites for hydroxylation is 1. The molecule has 5 heteroatoms. The molecule has 5 nitrogen and oxygen atoms in total.